The fraction of sp³-hybridized carbons (Fsp3) is 0.400. The number of rotatable bonds is 8. The topological polar surface area (TPSA) is 72.0 Å². The van der Waals surface area contributed by atoms with Gasteiger partial charge in [-0.15, -0.1) is 0 Å². The minimum atomic E-state index is -2.84. The maximum absolute atomic E-state index is 12.1. The number of hydrogen-bond donors (Lipinski definition) is 2. The van der Waals surface area contributed by atoms with E-state index in [-0.39, 0.29) is 5.75 Å². The number of hydrogen-bond acceptors (Lipinski definition) is 6. The lowest BCUT2D eigenvalue weighted by Gasteiger charge is -2.08. The molecule has 0 atom stereocenters. The van der Waals surface area contributed by atoms with E-state index in [0.717, 1.165) is 18.3 Å². The smallest absolute Gasteiger partial charge is 0.387 e. The third-order valence-corrected chi connectivity index (χ3v) is 3.41. The van der Waals surface area contributed by atoms with Crippen molar-refractivity contribution in [3.05, 3.63) is 36.4 Å². The molecule has 1 aliphatic rings. The highest BCUT2D eigenvalue weighted by atomic mass is 19.3. The molecule has 1 fully saturated rings. The zero-order chi connectivity index (χ0) is 16.1. The molecule has 0 radical (unpaired) electrons. The van der Waals surface area contributed by atoms with Crippen molar-refractivity contribution in [2.75, 3.05) is 17.2 Å². The van der Waals surface area contributed by atoms with Gasteiger partial charge in [0.15, 0.2) is 0 Å². The number of alkyl halides is 2. The zero-order valence-corrected chi connectivity index (χ0v) is 12.4. The number of pyridine rings is 1. The monoisotopic (exact) mass is 321 g/mol. The largest absolute Gasteiger partial charge is 0.433 e. The van der Waals surface area contributed by atoms with Crippen LogP contribution in [0.25, 0.3) is 0 Å². The fourth-order valence-corrected chi connectivity index (χ4v) is 1.99. The normalized spacial score (nSPS) is 13.9. The van der Waals surface area contributed by atoms with Gasteiger partial charge in [-0.1, -0.05) is 0 Å². The van der Waals surface area contributed by atoms with Gasteiger partial charge in [0.25, 0.3) is 0 Å². The number of nitrogens with zero attached hydrogens (tertiary/aromatic N) is 3. The first-order chi connectivity index (χ1) is 11.2. The highest BCUT2D eigenvalue weighted by molar-refractivity contribution is 5.46. The van der Waals surface area contributed by atoms with E-state index in [1.54, 1.807) is 6.07 Å². The number of nitrogens with one attached hydrogen (secondary N) is 2. The maximum atomic E-state index is 12.1. The van der Waals surface area contributed by atoms with Gasteiger partial charge in [0, 0.05) is 12.6 Å². The first-order valence-corrected chi connectivity index (χ1v) is 7.38. The molecular formula is C15H17F2N5O. The second kappa shape index (κ2) is 7.17. The molecule has 6 nitrogen and oxygen atoms in total. The summed E-state index contributed by atoms with van der Waals surface area (Å²) in [5, 5.41) is 6.40. The Labute approximate surface area is 132 Å². The first-order valence-electron chi connectivity index (χ1n) is 7.38. The lowest BCUT2D eigenvalue weighted by Crippen LogP contribution is -2.08. The van der Waals surface area contributed by atoms with Gasteiger partial charge in [-0.2, -0.15) is 8.78 Å². The maximum Gasteiger partial charge on any atom is 0.387 e. The summed E-state index contributed by atoms with van der Waals surface area (Å²) in [6, 6.07) is 4.91. The van der Waals surface area contributed by atoms with E-state index < -0.39 is 6.61 Å². The van der Waals surface area contributed by atoms with Crippen molar-refractivity contribution in [1.29, 1.82) is 0 Å². The molecule has 2 N–H and O–H groups in total. The van der Waals surface area contributed by atoms with Crippen LogP contribution in [0.2, 0.25) is 0 Å². The highest BCUT2D eigenvalue weighted by Crippen LogP contribution is 2.28. The molecule has 122 valence electrons. The molecule has 23 heavy (non-hydrogen) atoms. The van der Waals surface area contributed by atoms with E-state index in [4.69, 9.17) is 0 Å². The van der Waals surface area contributed by atoms with E-state index in [2.05, 4.69) is 30.3 Å². The molecular weight excluding hydrogens is 304 g/mol. The third-order valence-electron chi connectivity index (χ3n) is 3.41. The Bertz CT molecular complexity index is 634. The van der Waals surface area contributed by atoms with Gasteiger partial charge >= 0.3 is 6.61 Å². The average molecular weight is 321 g/mol. The summed E-state index contributed by atoms with van der Waals surface area (Å²) in [6.07, 6.45) is 5.32. The van der Waals surface area contributed by atoms with E-state index in [0.29, 0.717) is 18.1 Å². The van der Waals surface area contributed by atoms with E-state index in [1.807, 2.05) is 6.07 Å². The molecule has 0 spiro atoms. The van der Waals surface area contributed by atoms with Crippen LogP contribution in [-0.4, -0.2) is 28.1 Å². The quantitative estimate of drug-likeness (QED) is 0.779. The van der Waals surface area contributed by atoms with Gasteiger partial charge in [0.05, 0.1) is 18.4 Å². The summed E-state index contributed by atoms with van der Waals surface area (Å²) in [5.74, 6) is 2.26. The van der Waals surface area contributed by atoms with Gasteiger partial charge in [-0.3, -0.25) is 4.98 Å². The summed E-state index contributed by atoms with van der Waals surface area (Å²) >= 11 is 0. The molecule has 8 heteroatoms. The number of aromatic nitrogens is 3. The Morgan fingerprint density at radius 3 is 2.57 bits per heavy atom. The number of ether oxygens (including phenoxy) is 1. The Morgan fingerprint density at radius 1 is 1.13 bits per heavy atom. The molecule has 0 bridgehead atoms. The van der Waals surface area contributed by atoms with Crippen molar-refractivity contribution in [1.82, 2.24) is 15.0 Å². The summed E-state index contributed by atoms with van der Waals surface area (Å²) in [4.78, 5) is 12.4. The molecule has 0 saturated heterocycles. The van der Waals surface area contributed by atoms with Gasteiger partial charge < -0.3 is 15.4 Å². The second-order valence-electron chi connectivity index (χ2n) is 5.33. The van der Waals surface area contributed by atoms with Gasteiger partial charge in [0.2, 0.25) is 0 Å². The molecule has 0 amide bonds. The van der Waals surface area contributed by atoms with Gasteiger partial charge in [-0.05, 0) is 30.9 Å². The van der Waals surface area contributed by atoms with Crippen LogP contribution < -0.4 is 15.4 Å². The molecule has 2 heterocycles. The molecule has 2 aromatic rings. The van der Waals surface area contributed by atoms with Crippen LogP contribution in [0, 0.1) is 5.92 Å². The summed E-state index contributed by atoms with van der Waals surface area (Å²) in [6.45, 7) is -1.49. The van der Waals surface area contributed by atoms with E-state index in [1.165, 1.54) is 31.4 Å². The van der Waals surface area contributed by atoms with Crippen LogP contribution in [0.3, 0.4) is 0 Å². The minimum Gasteiger partial charge on any atom is -0.433 e. The molecule has 0 unspecified atom stereocenters. The fourth-order valence-electron chi connectivity index (χ4n) is 1.99. The molecule has 1 aliphatic carbocycles. The lowest BCUT2D eigenvalue weighted by atomic mass is 10.3. The Kier molecular flexibility index (Phi) is 4.80. The second-order valence-corrected chi connectivity index (χ2v) is 5.33. The van der Waals surface area contributed by atoms with Gasteiger partial charge in [0.1, 0.15) is 23.7 Å². The summed E-state index contributed by atoms with van der Waals surface area (Å²) < 4.78 is 28.4. The lowest BCUT2D eigenvalue weighted by molar-refractivity contribution is -0.0500. The predicted molar refractivity (Wildman–Crippen MR) is 81.4 cm³/mol. The average Bonchev–Trinajstić information content (AvgIpc) is 3.37. The molecule has 1 saturated carbocycles. The van der Waals surface area contributed by atoms with Crippen molar-refractivity contribution >= 4 is 11.6 Å². The van der Waals surface area contributed by atoms with Gasteiger partial charge in [-0.25, -0.2) is 9.97 Å². The SMILES string of the molecule is FC(F)Oc1ccc(CNc2cc(NCC3CC3)ncn2)nc1. The predicted octanol–water partition coefficient (Wildman–Crippen LogP) is 2.91. The standard InChI is InChI=1S/C15H17F2N5O/c16-15(17)23-12-4-3-11(18-8-12)7-20-14-5-13(21-9-22-14)19-6-10-1-2-10/h3-5,8-10,15H,1-2,6-7H2,(H2,19,20,21,22). The van der Waals surface area contributed by atoms with Crippen LogP contribution in [0.1, 0.15) is 18.5 Å². The summed E-state index contributed by atoms with van der Waals surface area (Å²) in [7, 11) is 0. The Morgan fingerprint density at radius 2 is 1.91 bits per heavy atom. The van der Waals surface area contributed by atoms with Crippen molar-refractivity contribution in [2.45, 2.75) is 26.0 Å². The Balaban J connectivity index is 1.51. The molecule has 0 aliphatic heterocycles. The van der Waals surface area contributed by atoms with Crippen molar-refractivity contribution in [3.63, 3.8) is 0 Å². The zero-order valence-electron chi connectivity index (χ0n) is 12.4. The van der Waals surface area contributed by atoms with E-state index >= 15 is 0 Å². The van der Waals surface area contributed by atoms with E-state index in [9.17, 15) is 8.78 Å². The van der Waals surface area contributed by atoms with Crippen molar-refractivity contribution in [2.24, 2.45) is 5.92 Å². The summed E-state index contributed by atoms with van der Waals surface area (Å²) in [5.41, 5.74) is 0.692. The first kappa shape index (κ1) is 15.4. The van der Waals surface area contributed by atoms with Crippen LogP contribution in [0.15, 0.2) is 30.7 Å². The minimum absolute atomic E-state index is 0.0392. The number of halogens is 2. The molecule has 3 rings (SSSR count). The van der Waals surface area contributed by atoms with Crippen molar-refractivity contribution < 1.29 is 13.5 Å². The van der Waals surface area contributed by atoms with Crippen molar-refractivity contribution in [3.8, 4) is 5.75 Å². The van der Waals surface area contributed by atoms with Crippen LogP contribution >= 0.6 is 0 Å². The molecule has 0 aromatic carbocycles. The Hall–Kier alpha value is -2.51. The highest BCUT2D eigenvalue weighted by Gasteiger charge is 2.20. The van der Waals surface area contributed by atoms with Crippen LogP contribution in [-0.2, 0) is 6.54 Å². The van der Waals surface area contributed by atoms with Crippen LogP contribution in [0.4, 0.5) is 20.4 Å². The number of anilines is 2. The molecule has 2 aromatic heterocycles. The van der Waals surface area contributed by atoms with Crippen LogP contribution in [0.5, 0.6) is 5.75 Å². The third kappa shape index (κ3) is 5.01.